The van der Waals surface area contributed by atoms with Crippen LogP contribution in [0.1, 0.15) is 25.0 Å². The molecule has 0 fully saturated rings. The van der Waals surface area contributed by atoms with Crippen LogP contribution in [0, 0.1) is 17.2 Å². The van der Waals surface area contributed by atoms with Crippen molar-refractivity contribution in [2.45, 2.75) is 26.4 Å². The molecule has 1 rings (SSSR count). The van der Waals surface area contributed by atoms with Crippen LogP contribution in [0.2, 0.25) is 0 Å². The number of carboxylic acid groups (broad SMARTS) is 1. The molecule has 0 bridgehead atoms. The molecule has 1 unspecified atom stereocenters. The first-order valence-corrected chi connectivity index (χ1v) is 6.02. The lowest BCUT2D eigenvalue weighted by Gasteiger charge is -2.18. The molecule has 0 amide bonds. The van der Waals surface area contributed by atoms with Crippen LogP contribution < -0.4 is 10.1 Å². The zero-order valence-electron chi connectivity index (χ0n) is 11.3. The smallest absolute Gasteiger partial charge is 0.320 e. The maximum atomic E-state index is 11.1. The summed E-state index contributed by atoms with van der Waals surface area (Å²) in [4.78, 5) is 11.1. The average molecular weight is 262 g/mol. The highest BCUT2D eigenvalue weighted by Crippen LogP contribution is 2.18. The van der Waals surface area contributed by atoms with E-state index in [1.807, 2.05) is 19.9 Å². The van der Waals surface area contributed by atoms with E-state index in [0.717, 1.165) is 5.56 Å². The molecule has 0 aliphatic rings. The van der Waals surface area contributed by atoms with Crippen LogP contribution in [0.5, 0.6) is 5.75 Å². The minimum Gasteiger partial charge on any atom is -0.495 e. The molecule has 1 aromatic carbocycles. The first kappa shape index (κ1) is 15.0. The highest BCUT2D eigenvalue weighted by molar-refractivity contribution is 5.73. The van der Waals surface area contributed by atoms with Gasteiger partial charge in [0.2, 0.25) is 0 Å². The van der Waals surface area contributed by atoms with E-state index in [1.165, 1.54) is 7.11 Å². The molecule has 0 aliphatic heterocycles. The summed E-state index contributed by atoms with van der Waals surface area (Å²) in [5.41, 5.74) is 1.29. The van der Waals surface area contributed by atoms with Crippen molar-refractivity contribution in [1.29, 1.82) is 5.26 Å². The van der Waals surface area contributed by atoms with E-state index >= 15 is 0 Å². The highest BCUT2D eigenvalue weighted by Gasteiger charge is 2.20. The Balaban J connectivity index is 2.78. The first-order chi connectivity index (χ1) is 8.99. The normalized spacial score (nSPS) is 11.9. The van der Waals surface area contributed by atoms with Gasteiger partial charge in [0, 0.05) is 6.54 Å². The number of carboxylic acids is 1. The SMILES string of the molecule is COc1ccc(CNC(C(=O)O)C(C)C)cc1C#N. The van der Waals surface area contributed by atoms with Crippen LogP contribution in [0.15, 0.2) is 18.2 Å². The predicted molar refractivity (Wildman–Crippen MR) is 70.8 cm³/mol. The summed E-state index contributed by atoms with van der Waals surface area (Å²) in [7, 11) is 1.51. The minimum atomic E-state index is -0.871. The van der Waals surface area contributed by atoms with Crippen molar-refractivity contribution < 1.29 is 14.6 Å². The summed E-state index contributed by atoms with van der Waals surface area (Å²) in [5.74, 6) is -0.361. The van der Waals surface area contributed by atoms with Gasteiger partial charge < -0.3 is 15.2 Å². The van der Waals surface area contributed by atoms with E-state index in [2.05, 4.69) is 11.4 Å². The van der Waals surface area contributed by atoms with E-state index in [-0.39, 0.29) is 5.92 Å². The summed E-state index contributed by atoms with van der Waals surface area (Å²) >= 11 is 0. The van der Waals surface area contributed by atoms with Gasteiger partial charge in [0.25, 0.3) is 0 Å². The van der Waals surface area contributed by atoms with Crippen LogP contribution in [0.25, 0.3) is 0 Å². The number of carbonyl (C=O) groups is 1. The second kappa shape index (κ2) is 6.76. The summed E-state index contributed by atoms with van der Waals surface area (Å²) in [6.45, 7) is 4.09. The topological polar surface area (TPSA) is 82.3 Å². The van der Waals surface area contributed by atoms with Crippen molar-refractivity contribution in [3.05, 3.63) is 29.3 Å². The van der Waals surface area contributed by atoms with Crippen LogP contribution in [-0.4, -0.2) is 24.2 Å². The van der Waals surface area contributed by atoms with Crippen molar-refractivity contribution in [2.75, 3.05) is 7.11 Å². The predicted octanol–water partition coefficient (Wildman–Crippen LogP) is 1.77. The number of rotatable bonds is 6. The Morgan fingerprint density at radius 3 is 2.68 bits per heavy atom. The Bertz CT molecular complexity index is 492. The summed E-state index contributed by atoms with van der Waals surface area (Å²) in [5, 5.41) is 21.0. The number of nitrogens with zero attached hydrogens (tertiary/aromatic N) is 1. The third-order valence-corrected chi connectivity index (χ3v) is 2.84. The van der Waals surface area contributed by atoms with Gasteiger partial charge in [0.15, 0.2) is 0 Å². The molecule has 0 aliphatic carbocycles. The quantitative estimate of drug-likeness (QED) is 0.816. The van der Waals surface area contributed by atoms with Gasteiger partial charge in [0.05, 0.1) is 12.7 Å². The van der Waals surface area contributed by atoms with Gasteiger partial charge in [-0.2, -0.15) is 5.26 Å². The number of nitrogens with one attached hydrogen (secondary N) is 1. The molecule has 0 saturated carbocycles. The van der Waals surface area contributed by atoms with Crippen LogP contribution in [0.3, 0.4) is 0 Å². The van der Waals surface area contributed by atoms with Gasteiger partial charge in [0.1, 0.15) is 17.9 Å². The molecule has 0 spiro atoms. The fourth-order valence-electron chi connectivity index (χ4n) is 1.79. The lowest BCUT2D eigenvalue weighted by molar-refractivity contribution is -0.140. The van der Waals surface area contributed by atoms with Crippen molar-refractivity contribution in [3.63, 3.8) is 0 Å². The van der Waals surface area contributed by atoms with Gasteiger partial charge in [-0.15, -0.1) is 0 Å². The summed E-state index contributed by atoms with van der Waals surface area (Å²) < 4.78 is 5.06. The molecular formula is C14H18N2O3. The second-order valence-electron chi connectivity index (χ2n) is 4.59. The molecule has 0 radical (unpaired) electrons. The van der Waals surface area contributed by atoms with Crippen molar-refractivity contribution >= 4 is 5.97 Å². The lowest BCUT2D eigenvalue weighted by Crippen LogP contribution is -2.40. The number of hydrogen-bond donors (Lipinski definition) is 2. The number of hydrogen-bond acceptors (Lipinski definition) is 4. The zero-order valence-corrected chi connectivity index (χ0v) is 11.3. The fraction of sp³-hybridized carbons (Fsp3) is 0.429. The van der Waals surface area contributed by atoms with Crippen molar-refractivity contribution in [3.8, 4) is 11.8 Å². The lowest BCUT2D eigenvalue weighted by atomic mass is 10.0. The van der Waals surface area contributed by atoms with Gasteiger partial charge in [-0.05, 0) is 23.6 Å². The first-order valence-electron chi connectivity index (χ1n) is 6.02. The van der Waals surface area contributed by atoms with Crippen LogP contribution in [-0.2, 0) is 11.3 Å². The molecule has 2 N–H and O–H groups in total. The Kier molecular flexibility index (Phi) is 5.34. The molecule has 0 saturated heterocycles. The highest BCUT2D eigenvalue weighted by atomic mass is 16.5. The number of aliphatic carboxylic acids is 1. The van der Waals surface area contributed by atoms with Crippen LogP contribution in [0.4, 0.5) is 0 Å². The maximum absolute atomic E-state index is 11.1. The molecule has 5 heteroatoms. The Morgan fingerprint density at radius 1 is 1.53 bits per heavy atom. The number of methoxy groups -OCH3 is 1. The molecule has 5 nitrogen and oxygen atoms in total. The molecular weight excluding hydrogens is 244 g/mol. The Morgan fingerprint density at radius 2 is 2.21 bits per heavy atom. The number of benzene rings is 1. The molecule has 1 aromatic rings. The summed E-state index contributed by atoms with van der Waals surface area (Å²) in [6.07, 6.45) is 0. The van der Waals surface area contributed by atoms with Gasteiger partial charge in [-0.1, -0.05) is 19.9 Å². The molecule has 0 heterocycles. The van der Waals surface area contributed by atoms with Crippen molar-refractivity contribution in [2.24, 2.45) is 5.92 Å². The standard InChI is InChI=1S/C14H18N2O3/c1-9(2)13(14(17)18)16-8-10-4-5-12(19-3)11(6-10)7-15/h4-6,9,13,16H,8H2,1-3H3,(H,17,18). The third kappa shape index (κ3) is 3.97. The second-order valence-corrected chi connectivity index (χ2v) is 4.59. The van der Waals surface area contributed by atoms with Gasteiger partial charge >= 0.3 is 5.97 Å². The monoisotopic (exact) mass is 262 g/mol. The molecule has 102 valence electrons. The van der Waals surface area contributed by atoms with Crippen molar-refractivity contribution in [1.82, 2.24) is 5.32 Å². The van der Waals surface area contributed by atoms with E-state index in [4.69, 9.17) is 15.1 Å². The molecule has 0 aromatic heterocycles. The third-order valence-electron chi connectivity index (χ3n) is 2.84. The molecule has 19 heavy (non-hydrogen) atoms. The van der Waals surface area contributed by atoms with E-state index in [0.29, 0.717) is 17.9 Å². The fourth-order valence-corrected chi connectivity index (χ4v) is 1.79. The Labute approximate surface area is 112 Å². The largest absolute Gasteiger partial charge is 0.495 e. The minimum absolute atomic E-state index is 0.00816. The van der Waals surface area contributed by atoms with Crippen LogP contribution >= 0.6 is 0 Å². The summed E-state index contributed by atoms with van der Waals surface area (Å²) in [6, 6.07) is 6.67. The number of ether oxygens (including phenoxy) is 1. The van der Waals surface area contributed by atoms with E-state index in [1.54, 1.807) is 12.1 Å². The van der Waals surface area contributed by atoms with E-state index < -0.39 is 12.0 Å². The Hall–Kier alpha value is -2.06. The zero-order chi connectivity index (χ0) is 14.4. The maximum Gasteiger partial charge on any atom is 0.320 e. The number of nitriles is 1. The van der Waals surface area contributed by atoms with E-state index in [9.17, 15) is 4.79 Å². The van der Waals surface area contributed by atoms with Gasteiger partial charge in [-0.3, -0.25) is 4.79 Å². The molecule has 1 atom stereocenters. The average Bonchev–Trinajstić information content (AvgIpc) is 2.37. The van der Waals surface area contributed by atoms with Gasteiger partial charge in [-0.25, -0.2) is 0 Å².